The van der Waals surface area contributed by atoms with Crippen LogP contribution in [-0.2, 0) is 0 Å². The summed E-state index contributed by atoms with van der Waals surface area (Å²) in [4.78, 5) is 4.42. The molecule has 0 spiro atoms. The third-order valence-corrected chi connectivity index (χ3v) is 3.80. The molecule has 2 heteroatoms. The summed E-state index contributed by atoms with van der Waals surface area (Å²) in [6, 6.07) is 22.8. The molecule has 0 saturated heterocycles. The summed E-state index contributed by atoms with van der Waals surface area (Å²) >= 11 is 0. The zero-order chi connectivity index (χ0) is 14.9. The topological polar surface area (TPSA) is 26.0 Å². The molecule has 0 aliphatic heterocycles. The molecule has 4 rings (SSSR count). The molecule has 0 amide bonds. The van der Waals surface area contributed by atoms with Gasteiger partial charge in [0.15, 0.2) is 0 Å². The SMILES string of the molecule is Cc1cc2cc(-c3cccc(-c4ccccn4)c3)ccc2o1. The summed E-state index contributed by atoms with van der Waals surface area (Å²) in [5.74, 6) is 0.939. The zero-order valence-corrected chi connectivity index (χ0v) is 12.3. The van der Waals surface area contributed by atoms with E-state index < -0.39 is 0 Å². The molecule has 0 radical (unpaired) electrons. The van der Waals surface area contributed by atoms with Gasteiger partial charge in [0.2, 0.25) is 0 Å². The minimum atomic E-state index is 0.933. The van der Waals surface area contributed by atoms with Gasteiger partial charge >= 0.3 is 0 Å². The van der Waals surface area contributed by atoms with E-state index in [9.17, 15) is 0 Å². The summed E-state index contributed by atoms with van der Waals surface area (Å²) in [5, 5.41) is 1.14. The number of pyridine rings is 1. The molecule has 0 atom stereocenters. The molecule has 2 aromatic carbocycles. The lowest BCUT2D eigenvalue weighted by molar-refractivity contribution is 0.578. The Labute approximate surface area is 129 Å². The molecule has 2 nitrogen and oxygen atoms in total. The van der Waals surface area contributed by atoms with Crippen molar-refractivity contribution in [3.63, 3.8) is 0 Å². The number of aryl methyl sites for hydroxylation is 1. The van der Waals surface area contributed by atoms with Crippen molar-refractivity contribution in [2.24, 2.45) is 0 Å². The summed E-state index contributed by atoms with van der Waals surface area (Å²) in [7, 11) is 0. The van der Waals surface area contributed by atoms with Crippen LogP contribution in [0.15, 0.2) is 77.3 Å². The molecular weight excluding hydrogens is 270 g/mol. The fourth-order valence-electron chi connectivity index (χ4n) is 2.75. The molecule has 2 heterocycles. The average Bonchev–Trinajstić information content (AvgIpc) is 2.95. The summed E-state index contributed by atoms with van der Waals surface area (Å²) in [5.41, 5.74) is 5.42. The van der Waals surface area contributed by atoms with E-state index in [1.165, 1.54) is 11.1 Å². The van der Waals surface area contributed by atoms with Gasteiger partial charge in [0.1, 0.15) is 11.3 Å². The normalized spacial score (nSPS) is 11.0. The third kappa shape index (κ3) is 2.29. The highest BCUT2D eigenvalue weighted by atomic mass is 16.3. The molecular formula is C20H15NO. The highest BCUT2D eigenvalue weighted by Gasteiger charge is 2.05. The van der Waals surface area contributed by atoms with Crippen LogP contribution in [0.25, 0.3) is 33.4 Å². The van der Waals surface area contributed by atoms with Crippen LogP contribution in [0.5, 0.6) is 0 Å². The Bertz CT molecular complexity index is 938. The summed E-state index contributed by atoms with van der Waals surface area (Å²) in [6.07, 6.45) is 1.82. The minimum Gasteiger partial charge on any atom is -0.461 e. The van der Waals surface area contributed by atoms with Gasteiger partial charge in [-0.25, -0.2) is 0 Å². The van der Waals surface area contributed by atoms with Crippen LogP contribution in [0.2, 0.25) is 0 Å². The third-order valence-electron chi connectivity index (χ3n) is 3.80. The van der Waals surface area contributed by atoms with Crippen molar-refractivity contribution in [2.75, 3.05) is 0 Å². The second-order valence-electron chi connectivity index (χ2n) is 5.41. The van der Waals surface area contributed by atoms with Gasteiger partial charge in [0.05, 0.1) is 5.69 Å². The molecule has 0 aliphatic carbocycles. The van der Waals surface area contributed by atoms with E-state index in [1.807, 2.05) is 37.4 Å². The van der Waals surface area contributed by atoms with Gasteiger partial charge in [-0.15, -0.1) is 0 Å². The Kier molecular flexibility index (Phi) is 3.01. The van der Waals surface area contributed by atoms with Gasteiger partial charge < -0.3 is 4.42 Å². The van der Waals surface area contributed by atoms with Crippen molar-refractivity contribution in [3.8, 4) is 22.4 Å². The second-order valence-corrected chi connectivity index (χ2v) is 5.41. The maximum Gasteiger partial charge on any atom is 0.134 e. The molecule has 0 saturated carbocycles. The highest BCUT2D eigenvalue weighted by molar-refractivity contribution is 5.84. The lowest BCUT2D eigenvalue weighted by Crippen LogP contribution is -1.83. The van der Waals surface area contributed by atoms with Gasteiger partial charge in [-0.05, 0) is 54.4 Å². The Hall–Kier alpha value is -2.87. The molecule has 22 heavy (non-hydrogen) atoms. The summed E-state index contributed by atoms with van der Waals surface area (Å²) in [6.45, 7) is 1.97. The molecule has 0 bridgehead atoms. The van der Waals surface area contributed by atoms with Gasteiger partial charge in [0, 0.05) is 17.1 Å². The van der Waals surface area contributed by atoms with E-state index in [2.05, 4.69) is 47.4 Å². The van der Waals surface area contributed by atoms with Crippen LogP contribution in [0.3, 0.4) is 0 Å². The number of rotatable bonds is 2. The number of hydrogen-bond acceptors (Lipinski definition) is 2. The van der Waals surface area contributed by atoms with Gasteiger partial charge in [0.25, 0.3) is 0 Å². The smallest absolute Gasteiger partial charge is 0.134 e. The fourth-order valence-corrected chi connectivity index (χ4v) is 2.75. The molecule has 0 fully saturated rings. The Balaban J connectivity index is 1.81. The first-order valence-corrected chi connectivity index (χ1v) is 7.32. The predicted molar refractivity (Wildman–Crippen MR) is 89.6 cm³/mol. The van der Waals surface area contributed by atoms with Crippen LogP contribution >= 0.6 is 0 Å². The molecule has 4 aromatic rings. The fraction of sp³-hybridized carbons (Fsp3) is 0.0500. The van der Waals surface area contributed by atoms with Crippen molar-refractivity contribution < 1.29 is 4.42 Å². The van der Waals surface area contributed by atoms with Crippen molar-refractivity contribution in [1.82, 2.24) is 4.98 Å². The van der Waals surface area contributed by atoms with E-state index in [4.69, 9.17) is 4.42 Å². The van der Waals surface area contributed by atoms with E-state index >= 15 is 0 Å². The highest BCUT2D eigenvalue weighted by Crippen LogP contribution is 2.29. The van der Waals surface area contributed by atoms with Gasteiger partial charge in [-0.3, -0.25) is 4.98 Å². The van der Waals surface area contributed by atoms with E-state index in [-0.39, 0.29) is 0 Å². The predicted octanol–water partition coefficient (Wildman–Crippen LogP) is 5.47. The first-order valence-electron chi connectivity index (χ1n) is 7.32. The number of hydrogen-bond donors (Lipinski definition) is 0. The Morgan fingerprint density at radius 1 is 0.773 bits per heavy atom. The molecule has 0 aliphatic rings. The van der Waals surface area contributed by atoms with Crippen LogP contribution in [0, 0.1) is 6.92 Å². The number of benzene rings is 2. The monoisotopic (exact) mass is 285 g/mol. The largest absolute Gasteiger partial charge is 0.461 e. The molecule has 2 aromatic heterocycles. The van der Waals surface area contributed by atoms with Gasteiger partial charge in [-0.1, -0.05) is 30.3 Å². The van der Waals surface area contributed by atoms with E-state index in [0.717, 1.165) is 28.0 Å². The number of aromatic nitrogens is 1. The first-order chi connectivity index (χ1) is 10.8. The van der Waals surface area contributed by atoms with E-state index in [0.29, 0.717) is 0 Å². The zero-order valence-electron chi connectivity index (χ0n) is 12.3. The average molecular weight is 285 g/mol. The maximum atomic E-state index is 5.64. The van der Waals surface area contributed by atoms with Crippen LogP contribution < -0.4 is 0 Å². The van der Waals surface area contributed by atoms with Crippen molar-refractivity contribution in [1.29, 1.82) is 0 Å². The lowest BCUT2D eigenvalue weighted by Gasteiger charge is -2.05. The quantitative estimate of drug-likeness (QED) is 0.488. The maximum absolute atomic E-state index is 5.64. The van der Waals surface area contributed by atoms with Crippen LogP contribution in [0.1, 0.15) is 5.76 Å². The molecule has 0 unspecified atom stereocenters. The van der Waals surface area contributed by atoms with Crippen LogP contribution in [-0.4, -0.2) is 4.98 Å². The van der Waals surface area contributed by atoms with Crippen molar-refractivity contribution in [2.45, 2.75) is 6.92 Å². The minimum absolute atomic E-state index is 0.933. The van der Waals surface area contributed by atoms with Crippen LogP contribution in [0.4, 0.5) is 0 Å². The van der Waals surface area contributed by atoms with Gasteiger partial charge in [-0.2, -0.15) is 0 Å². The first kappa shape index (κ1) is 12.8. The number of nitrogens with zero attached hydrogens (tertiary/aromatic N) is 1. The number of furan rings is 1. The molecule has 106 valence electrons. The van der Waals surface area contributed by atoms with Crippen molar-refractivity contribution in [3.05, 3.63) is 78.7 Å². The summed E-state index contributed by atoms with van der Waals surface area (Å²) < 4.78 is 5.64. The Morgan fingerprint density at radius 2 is 1.64 bits per heavy atom. The van der Waals surface area contributed by atoms with E-state index in [1.54, 1.807) is 0 Å². The Morgan fingerprint density at radius 3 is 2.50 bits per heavy atom. The molecule has 0 N–H and O–H groups in total. The lowest BCUT2D eigenvalue weighted by atomic mass is 10.0. The van der Waals surface area contributed by atoms with Crippen molar-refractivity contribution >= 4 is 11.0 Å². The standard InChI is InChI=1S/C20H15NO/c1-14-11-18-13-16(8-9-20(18)22-14)15-5-4-6-17(12-15)19-7-2-3-10-21-19/h2-13H,1H3. The number of fused-ring (bicyclic) bond motifs is 1. The second kappa shape index (κ2) is 5.15.